The van der Waals surface area contributed by atoms with Gasteiger partial charge in [-0.2, -0.15) is 0 Å². The molecule has 1 aromatic carbocycles. The average Bonchev–Trinajstić information content (AvgIpc) is 2.75. The van der Waals surface area contributed by atoms with Crippen molar-refractivity contribution >= 4 is 11.8 Å². The Bertz CT molecular complexity index is 950. The van der Waals surface area contributed by atoms with Gasteiger partial charge in [-0.25, -0.2) is 0 Å². The summed E-state index contributed by atoms with van der Waals surface area (Å²) in [4.78, 5) is 40.6. The Kier molecular flexibility index (Phi) is 7.08. The molecule has 0 radical (unpaired) electrons. The van der Waals surface area contributed by atoms with Crippen molar-refractivity contribution in [2.45, 2.75) is 46.1 Å². The number of hydrogen-bond donors (Lipinski definition) is 1. The number of nitrogens with zero attached hydrogens (tertiary/aromatic N) is 2. The van der Waals surface area contributed by atoms with Crippen LogP contribution in [0.25, 0.3) is 0 Å². The normalized spacial score (nSPS) is 16.5. The van der Waals surface area contributed by atoms with Crippen LogP contribution in [0.5, 0.6) is 0 Å². The number of amides is 2. The van der Waals surface area contributed by atoms with Gasteiger partial charge in [-0.3, -0.25) is 14.4 Å². The Balaban J connectivity index is 1.92. The van der Waals surface area contributed by atoms with Crippen molar-refractivity contribution in [1.82, 2.24) is 14.8 Å². The zero-order chi connectivity index (χ0) is 21.7. The van der Waals surface area contributed by atoms with E-state index in [9.17, 15) is 14.4 Å². The summed E-state index contributed by atoms with van der Waals surface area (Å²) >= 11 is 0. The molecule has 6 heteroatoms. The molecule has 30 heavy (non-hydrogen) atoms. The lowest BCUT2D eigenvalue weighted by Gasteiger charge is -2.33. The van der Waals surface area contributed by atoms with Crippen molar-refractivity contribution < 1.29 is 9.59 Å². The zero-order valence-electron chi connectivity index (χ0n) is 18.1. The quantitative estimate of drug-likeness (QED) is 0.796. The molecule has 1 atom stereocenters. The van der Waals surface area contributed by atoms with E-state index in [2.05, 4.69) is 31.3 Å². The van der Waals surface area contributed by atoms with Gasteiger partial charge in [-0.15, -0.1) is 0 Å². The maximum absolute atomic E-state index is 13.3. The highest BCUT2D eigenvalue weighted by atomic mass is 16.2. The molecule has 0 spiro atoms. The molecule has 0 unspecified atom stereocenters. The zero-order valence-corrected chi connectivity index (χ0v) is 18.1. The van der Waals surface area contributed by atoms with E-state index >= 15 is 0 Å². The van der Waals surface area contributed by atoms with Crippen LogP contribution in [0.1, 0.15) is 65.8 Å². The molecule has 0 aliphatic carbocycles. The first kappa shape index (κ1) is 21.8. The molecule has 1 N–H and O–H groups in total. The van der Waals surface area contributed by atoms with Gasteiger partial charge in [0.15, 0.2) is 0 Å². The summed E-state index contributed by atoms with van der Waals surface area (Å²) in [5.74, 6) is -0.150. The first-order valence-electron chi connectivity index (χ1n) is 10.8. The third kappa shape index (κ3) is 4.99. The lowest BCUT2D eigenvalue weighted by Crippen LogP contribution is -2.42. The number of hydrogen-bond acceptors (Lipinski definition) is 3. The van der Waals surface area contributed by atoms with Crippen molar-refractivity contribution in [1.29, 1.82) is 0 Å². The monoisotopic (exact) mass is 409 g/mol. The SMILES string of the molecule is CCNC(=O)c1cn(CC(C)C)cc(C(=O)N2CCC[C@@H](c3ccccc3)C2)c1=O. The molecule has 0 saturated carbocycles. The molecule has 1 aliphatic heterocycles. The highest BCUT2D eigenvalue weighted by Gasteiger charge is 2.28. The van der Waals surface area contributed by atoms with Crippen LogP contribution in [0, 0.1) is 5.92 Å². The van der Waals surface area contributed by atoms with E-state index in [1.807, 2.05) is 18.2 Å². The smallest absolute Gasteiger partial charge is 0.259 e. The third-order valence-corrected chi connectivity index (χ3v) is 5.45. The minimum Gasteiger partial charge on any atom is -0.352 e. The number of aromatic nitrogens is 1. The van der Waals surface area contributed by atoms with Gasteiger partial charge in [0, 0.05) is 44.5 Å². The van der Waals surface area contributed by atoms with Gasteiger partial charge in [0.25, 0.3) is 11.8 Å². The van der Waals surface area contributed by atoms with Gasteiger partial charge in [-0.05, 0) is 31.2 Å². The number of pyridine rings is 1. The first-order valence-corrected chi connectivity index (χ1v) is 10.8. The van der Waals surface area contributed by atoms with Crippen LogP contribution in [0.4, 0.5) is 0 Å². The third-order valence-electron chi connectivity index (χ3n) is 5.45. The maximum atomic E-state index is 13.3. The number of likely N-dealkylation sites (tertiary alicyclic amines) is 1. The van der Waals surface area contributed by atoms with E-state index in [0.29, 0.717) is 32.1 Å². The van der Waals surface area contributed by atoms with Crippen molar-refractivity contribution in [2.24, 2.45) is 5.92 Å². The topological polar surface area (TPSA) is 71.4 Å². The molecule has 2 aromatic rings. The molecule has 2 amide bonds. The number of nitrogens with one attached hydrogen (secondary N) is 1. The van der Waals surface area contributed by atoms with E-state index in [4.69, 9.17) is 0 Å². The van der Waals surface area contributed by atoms with Crippen LogP contribution in [0.15, 0.2) is 47.5 Å². The predicted octanol–water partition coefficient (Wildman–Crippen LogP) is 3.27. The molecular weight excluding hydrogens is 378 g/mol. The van der Waals surface area contributed by atoms with Crippen molar-refractivity contribution in [2.75, 3.05) is 19.6 Å². The first-order chi connectivity index (χ1) is 14.4. The Labute approximate surface area is 177 Å². The molecule has 1 saturated heterocycles. The largest absolute Gasteiger partial charge is 0.352 e. The van der Waals surface area contributed by atoms with Gasteiger partial charge in [0.05, 0.1) is 0 Å². The highest BCUT2D eigenvalue weighted by molar-refractivity contribution is 5.99. The van der Waals surface area contributed by atoms with E-state index in [1.165, 1.54) is 5.56 Å². The standard InChI is InChI=1S/C24H31N3O3/c1-4-25-23(29)20-15-26(13-17(2)3)16-21(22(20)28)24(30)27-12-8-11-19(14-27)18-9-6-5-7-10-18/h5-7,9-10,15-17,19H,4,8,11-14H2,1-3H3,(H,25,29)/t19-/m1/s1. The van der Waals surface area contributed by atoms with E-state index in [0.717, 1.165) is 12.8 Å². The van der Waals surface area contributed by atoms with Crippen LogP contribution in [0.3, 0.4) is 0 Å². The fraction of sp³-hybridized carbons (Fsp3) is 0.458. The molecule has 1 aliphatic rings. The lowest BCUT2D eigenvalue weighted by atomic mass is 9.90. The molecule has 1 aromatic heterocycles. The van der Waals surface area contributed by atoms with Crippen molar-refractivity contribution in [3.05, 3.63) is 69.6 Å². The summed E-state index contributed by atoms with van der Waals surface area (Å²) in [7, 11) is 0. The molecular formula is C24H31N3O3. The number of benzene rings is 1. The van der Waals surface area contributed by atoms with Crippen LogP contribution in [-0.2, 0) is 6.54 Å². The van der Waals surface area contributed by atoms with Crippen LogP contribution in [0.2, 0.25) is 0 Å². The second kappa shape index (κ2) is 9.74. The van der Waals surface area contributed by atoms with Gasteiger partial charge >= 0.3 is 0 Å². The summed E-state index contributed by atoms with van der Waals surface area (Å²) in [5.41, 5.74) is 0.823. The summed E-state index contributed by atoms with van der Waals surface area (Å²) < 4.78 is 1.79. The summed E-state index contributed by atoms with van der Waals surface area (Å²) in [6, 6.07) is 10.2. The molecule has 1 fully saturated rings. The van der Waals surface area contributed by atoms with E-state index < -0.39 is 11.3 Å². The van der Waals surface area contributed by atoms with Crippen molar-refractivity contribution in [3.8, 4) is 0 Å². The second-order valence-corrected chi connectivity index (χ2v) is 8.37. The maximum Gasteiger partial charge on any atom is 0.259 e. The fourth-order valence-corrected chi connectivity index (χ4v) is 4.06. The van der Waals surface area contributed by atoms with Crippen molar-refractivity contribution in [3.63, 3.8) is 0 Å². The summed E-state index contributed by atoms with van der Waals surface area (Å²) in [6.45, 7) is 8.16. The summed E-state index contributed by atoms with van der Waals surface area (Å²) in [6.07, 6.45) is 5.08. The number of carbonyl (C=O) groups excluding carboxylic acids is 2. The Morgan fingerprint density at radius 3 is 2.50 bits per heavy atom. The van der Waals surface area contributed by atoms with Crippen LogP contribution < -0.4 is 10.7 Å². The van der Waals surface area contributed by atoms with Gasteiger partial charge < -0.3 is 14.8 Å². The van der Waals surface area contributed by atoms with E-state index in [1.54, 1.807) is 28.8 Å². The highest BCUT2D eigenvalue weighted by Crippen LogP contribution is 2.27. The molecule has 3 rings (SSSR count). The number of piperidine rings is 1. The minimum atomic E-state index is -0.493. The van der Waals surface area contributed by atoms with Gasteiger partial charge in [-0.1, -0.05) is 44.2 Å². The summed E-state index contributed by atoms with van der Waals surface area (Å²) in [5, 5.41) is 2.68. The second-order valence-electron chi connectivity index (χ2n) is 8.37. The van der Waals surface area contributed by atoms with Crippen LogP contribution in [-0.4, -0.2) is 40.9 Å². The number of rotatable bonds is 6. The molecule has 0 bridgehead atoms. The number of carbonyl (C=O) groups is 2. The van der Waals surface area contributed by atoms with Crippen LogP contribution >= 0.6 is 0 Å². The average molecular weight is 410 g/mol. The minimum absolute atomic E-state index is 0.0277. The molecule has 160 valence electrons. The Morgan fingerprint density at radius 1 is 1.13 bits per heavy atom. The van der Waals surface area contributed by atoms with Gasteiger partial charge in [0.1, 0.15) is 11.1 Å². The van der Waals surface area contributed by atoms with E-state index in [-0.39, 0.29) is 23.0 Å². The Hall–Kier alpha value is -2.89. The van der Waals surface area contributed by atoms with Gasteiger partial charge in [0.2, 0.25) is 5.43 Å². The molecule has 6 nitrogen and oxygen atoms in total. The predicted molar refractivity (Wildman–Crippen MR) is 118 cm³/mol. The fourth-order valence-electron chi connectivity index (χ4n) is 4.06. The molecule has 2 heterocycles. The Morgan fingerprint density at radius 2 is 1.83 bits per heavy atom. The lowest BCUT2D eigenvalue weighted by molar-refractivity contribution is 0.0704.